The SMILES string of the molecule is O=C(OC1CCOCC1)N1CCn2c(C#Cc3cccc(Cl)c3)nnc2C1. The Morgan fingerprint density at radius 1 is 1.22 bits per heavy atom. The van der Waals surface area contributed by atoms with Gasteiger partial charge in [-0.05, 0) is 24.1 Å². The second-order valence-corrected chi connectivity index (χ2v) is 6.91. The van der Waals surface area contributed by atoms with Crippen molar-refractivity contribution in [2.24, 2.45) is 0 Å². The number of hydrogen-bond donors (Lipinski definition) is 0. The van der Waals surface area contributed by atoms with Gasteiger partial charge in [-0.25, -0.2) is 4.79 Å². The summed E-state index contributed by atoms with van der Waals surface area (Å²) in [5.74, 6) is 7.38. The number of aromatic nitrogens is 3. The van der Waals surface area contributed by atoms with E-state index in [1.165, 1.54) is 0 Å². The molecule has 3 heterocycles. The molecule has 27 heavy (non-hydrogen) atoms. The maximum atomic E-state index is 12.4. The number of halogens is 1. The van der Waals surface area contributed by atoms with E-state index in [1.54, 1.807) is 17.0 Å². The van der Waals surface area contributed by atoms with Crippen LogP contribution in [0.5, 0.6) is 0 Å². The van der Waals surface area contributed by atoms with Crippen LogP contribution in [0.15, 0.2) is 24.3 Å². The van der Waals surface area contributed by atoms with Gasteiger partial charge in [-0.2, -0.15) is 0 Å². The number of hydrogen-bond acceptors (Lipinski definition) is 5. The summed E-state index contributed by atoms with van der Waals surface area (Å²) < 4.78 is 12.8. The molecule has 0 atom stereocenters. The Bertz CT molecular complexity index is 896. The third-order valence-electron chi connectivity index (χ3n) is 4.59. The summed E-state index contributed by atoms with van der Waals surface area (Å²) in [5, 5.41) is 8.98. The topological polar surface area (TPSA) is 69.5 Å². The van der Waals surface area contributed by atoms with Crippen molar-refractivity contribution in [1.82, 2.24) is 19.7 Å². The Morgan fingerprint density at radius 2 is 2.07 bits per heavy atom. The van der Waals surface area contributed by atoms with E-state index >= 15 is 0 Å². The van der Waals surface area contributed by atoms with Crippen LogP contribution in [0.25, 0.3) is 0 Å². The zero-order valence-electron chi connectivity index (χ0n) is 14.7. The lowest BCUT2D eigenvalue weighted by Crippen LogP contribution is -2.41. The van der Waals surface area contributed by atoms with Crippen LogP contribution >= 0.6 is 11.6 Å². The van der Waals surface area contributed by atoms with Gasteiger partial charge in [-0.3, -0.25) is 4.90 Å². The smallest absolute Gasteiger partial charge is 0.410 e. The minimum absolute atomic E-state index is 0.0647. The summed E-state index contributed by atoms with van der Waals surface area (Å²) in [7, 11) is 0. The number of fused-ring (bicyclic) bond motifs is 1. The highest BCUT2D eigenvalue weighted by atomic mass is 35.5. The predicted molar refractivity (Wildman–Crippen MR) is 98.2 cm³/mol. The number of benzene rings is 1. The van der Waals surface area contributed by atoms with E-state index in [0.29, 0.717) is 49.5 Å². The third-order valence-corrected chi connectivity index (χ3v) is 4.83. The molecule has 0 saturated carbocycles. The maximum Gasteiger partial charge on any atom is 0.410 e. The van der Waals surface area contributed by atoms with Crippen molar-refractivity contribution >= 4 is 17.7 Å². The van der Waals surface area contributed by atoms with E-state index < -0.39 is 0 Å². The van der Waals surface area contributed by atoms with E-state index in [2.05, 4.69) is 22.0 Å². The predicted octanol–water partition coefficient (Wildman–Crippen LogP) is 2.46. The fourth-order valence-corrected chi connectivity index (χ4v) is 3.30. The summed E-state index contributed by atoms with van der Waals surface area (Å²) in [5.41, 5.74) is 0.817. The first-order valence-corrected chi connectivity index (χ1v) is 9.30. The summed E-state index contributed by atoms with van der Waals surface area (Å²) in [6, 6.07) is 7.35. The number of amides is 1. The normalized spacial score (nSPS) is 17.0. The zero-order valence-corrected chi connectivity index (χ0v) is 15.5. The number of rotatable bonds is 1. The van der Waals surface area contributed by atoms with Crippen LogP contribution in [-0.2, 0) is 22.6 Å². The lowest BCUT2D eigenvalue weighted by atomic mass is 10.2. The molecule has 8 heteroatoms. The van der Waals surface area contributed by atoms with E-state index in [-0.39, 0.29) is 12.2 Å². The fourth-order valence-electron chi connectivity index (χ4n) is 3.11. The standard InChI is InChI=1S/C19H19ClN4O3/c20-15-3-1-2-14(12-15)4-5-17-21-22-18-13-23(8-9-24(17)18)19(25)27-16-6-10-26-11-7-16/h1-3,12,16H,6-11,13H2. The molecule has 0 spiro atoms. The first kappa shape index (κ1) is 17.8. The van der Waals surface area contributed by atoms with Gasteiger partial charge in [0, 0.05) is 36.5 Å². The molecular weight excluding hydrogens is 368 g/mol. The second kappa shape index (κ2) is 7.99. The molecule has 0 unspecified atom stereocenters. The number of carbonyl (C=O) groups is 1. The van der Waals surface area contributed by atoms with Gasteiger partial charge in [0.15, 0.2) is 5.82 Å². The van der Waals surface area contributed by atoms with E-state index in [4.69, 9.17) is 21.1 Å². The highest BCUT2D eigenvalue weighted by molar-refractivity contribution is 6.30. The Labute approximate surface area is 162 Å². The van der Waals surface area contributed by atoms with Crippen molar-refractivity contribution in [3.05, 3.63) is 46.5 Å². The van der Waals surface area contributed by atoms with Crippen LogP contribution in [0.3, 0.4) is 0 Å². The molecule has 2 aliphatic heterocycles. The first-order chi connectivity index (χ1) is 13.2. The third kappa shape index (κ3) is 4.24. The van der Waals surface area contributed by atoms with Crippen molar-refractivity contribution in [2.45, 2.75) is 32.0 Å². The average molecular weight is 387 g/mol. The van der Waals surface area contributed by atoms with Crippen LogP contribution in [0.2, 0.25) is 5.02 Å². The Hall–Kier alpha value is -2.56. The quantitative estimate of drug-likeness (QED) is 0.704. The molecule has 1 saturated heterocycles. The average Bonchev–Trinajstić information content (AvgIpc) is 3.09. The van der Waals surface area contributed by atoms with Gasteiger partial charge in [0.2, 0.25) is 5.82 Å². The largest absolute Gasteiger partial charge is 0.446 e. The molecule has 1 aromatic heterocycles. The van der Waals surface area contributed by atoms with E-state index in [1.807, 2.05) is 16.7 Å². The molecule has 1 fully saturated rings. The lowest BCUT2D eigenvalue weighted by molar-refractivity contribution is -0.0126. The number of ether oxygens (including phenoxy) is 2. The van der Waals surface area contributed by atoms with E-state index in [9.17, 15) is 4.79 Å². The van der Waals surface area contributed by atoms with Gasteiger partial charge >= 0.3 is 6.09 Å². The van der Waals surface area contributed by atoms with E-state index in [0.717, 1.165) is 18.4 Å². The Balaban J connectivity index is 1.42. The van der Waals surface area contributed by atoms with Crippen molar-refractivity contribution in [3.63, 3.8) is 0 Å². The van der Waals surface area contributed by atoms with Gasteiger partial charge in [0.25, 0.3) is 0 Å². The summed E-state index contributed by atoms with van der Waals surface area (Å²) in [4.78, 5) is 14.1. The first-order valence-electron chi connectivity index (χ1n) is 8.92. The summed E-state index contributed by atoms with van der Waals surface area (Å²) in [6.07, 6.45) is 1.13. The number of carbonyl (C=O) groups excluding carboxylic acids is 1. The summed E-state index contributed by atoms with van der Waals surface area (Å²) in [6.45, 7) is 2.78. The highest BCUT2D eigenvalue weighted by Crippen LogP contribution is 2.17. The molecule has 0 aliphatic carbocycles. The van der Waals surface area contributed by atoms with Crippen molar-refractivity contribution < 1.29 is 14.3 Å². The molecule has 4 rings (SSSR count). The van der Waals surface area contributed by atoms with Crippen LogP contribution in [0.4, 0.5) is 4.79 Å². The van der Waals surface area contributed by atoms with Gasteiger partial charge in [-0.15, -0.1) is 10.2 Å². The van der Waals surface area contributed by atoms with Crippen LogP contribution in [0.1, 0.15) is 30.1 Å². The molecule has 2 aromatic rings. The van der Waals surface area contributed by atoms with Gasteiger partial charge in [-0.1, -0.05) is 23.6 Å². The van der Waals surface area contributed by atoms with Crippen LogP contribution < -0.4 is 0 Å². The molecule has 140 valence electrons. The molecule has 1 aromatic carbocycles. The monoisotopic (exact) mass is 386 g/mol. The number of nitrogens with zero attached hydrogens (tertiary/aromatic N) is 4. The van der Waals surface area contributed by atoms with Gasteiger partial charge in [0.05, 0.1) is 19.8 Å². The van der Waals surface area contributed by atoms with Gasteiger partial charge < -0.3 is 14.0 Å². The molecule has 0 bridgehead atoms. The molecular formula is C19H19ClN4O3. The van der Waals surface area contributed by atoms with Crippen molar-refractivity contribution in [2.75, 3.05) is 19.8 Å². The molecule has 2 aliphatic rings. The molecule has 1 amide bonds. The zero-order chi connectivity index (χ0) is 18.6. The molecule has 7 nitrogen and oxygen atoms in total. The van der Waals surface area contributed by atoms with Crippen LogP contribution in [0, 0.1) is 11.8 Å². The van der Waals surface area contributed by atoms with Crippen LogP contribution in [-0.4, -0.2) is 51.6 Å². The Morgan fingerprint density at radius 3 is 2.89 bits per heavy atom. The van der Waals surface area contributed by atoms with Crippen molar-refractivity contribution in [1.29, 1.82) is 0 Å². The second-order valence-electron chi connectivity index (χ2n) is 6.47. The minimum Gasteiger partial charge on any atom is -0.446 e. The maximum absolute atomic E-state index is 12.4. The highest BCUT2D eigenvalue weighted by Gasteiger charge is 2.27. The lowest BCUT2D eigenvalue weighted by Gasteiger charge is -2.29. The molecule has 0 radical (unpaired) electrons. The van der Waals surface area contributed by atoms with Gasteiger partial charge in [0.1, 0.15) is 6.10 Å². The molecule has 0 N–H and O–H groups in total. The minimum atomic E-state index is -0.303. The Kier molecular flexibility index (Phi) is 5.28. The summed E-state index contributed by atoms with van der Waals surface area (Å²) >= 11 is 5.98. The van der Waals surface area contributed by atoms with Crippen molar-refractivity contribution in [3.8, 4) is 11.8 Å². The fraction of sp³-hybridized carbons (Fsp3) is 0.421.